The number of aliphatic hydroxyl groups excluding tert-OH is 2. The second kappa shape index (κ2) is 7.92. The lowest BCUT2D eigenvalue weighted by atomic mass is 9.49. The molecule has 0 spiro atoms. The van der Waals surface area contributed by atoms with Crippen molar-refractivity contribution in [3.05, 3.63) is 34.9 Å². The predicted octanol–water partition coefficient (Wildman–Crippen LogP) is 3.28. The zero-order chi connectivity index (χ0) is 21.7. The predicted molar refractivity (Wildman–Crippen MR) is 117 cm³/mol. The number of amides is 1. The highest BCUT2D eigenvalue weighted by molar-refractivity contribution is 5.77. The fourth-order valence-corrected chi connectivity index (χ4v) is 6.84. The molecule has 0 saturated heterocycles. The van der Waals surface area contributed by atoms with Crippen LogP contribution in [0.4, 0.5) is 0 Å². The molecule has 7 atom stereocenters. The first-order valence-corrected chi connectivity index (χ1v) is 11.6. The van der Waals surface area contributed by atoms with Gasteiger partial charge in [0, 0.05) is 18.4 Å². The van der Waals surface area contributed by atoms with E-state index in [1.165, 1.54) is 16.7 Å². The van der Waals surface area contributed by atoms with Crippen molar-refractivity contribution in [1.29, 1.82) is 0 Å². The van der Waals surface area contributed by atoms with Gasteiger partial charge in [-0.3, -0.25) is 4.79 Å². The summed E-state index contributed by atoms with van der Waals surface area (Å²) in [6.07, 6.45) is 9.97. The van der Waals surface area contributed by atoms with Crippen LogP contribution >= 0.6 is 0 Å². The van der Waals surface area contributed by atoms with Gasteiger partial charge >= 0.3 is 0 Å². The molecule has 3 N–H and O–H groups in total. The molecular formula is C25H37NO4. The van der Waals surface area contributed by atoms with Crippen molar-refractivity contribution in [2.45, 2.75) is 78.1 Å². The van der Waals surface area contributed by atoms with Crippen LogP contribution in [0.5, 0.6) is 0 Å². The maximum atomic E-state index is 11.8. The van der Waals surface area contributed by atoms with Gasteiger partial charge in [-0.1, -0.05) is 43.2 Å². The third kappa shape index (κ3) is 3.30. The van der Waals surface area contributed by atoms with Crippen molar-refractivity contribution >= 4 is 5.91 Å². The summed E-state index contributed by atoms with van der Waals surface area (Å²) in [6, 6.07) is 0. The fraction of sp³-hybridized carbons (Fsp3) is 0.720. The molecular weight excluding hydrogens is 378 g/mol. The average Bonchev–Trinajstić information content (AvgIpc) is 3.05. The van der Waals surface area contributed by atoms with Gasteiger partial charge in [-0.15, -0.1) is 0 Å². The van der Waals surface area contributed by atoms with Crippen molar-refractivity contribution in [3.63, 3.8) is 0 Å². The van der Waals surface area contributed by atoms with Crippen LogP contribution in [0.3, 0.4) is 0 Å². The molecule has 2 fully saturated rings. The van der Waals surface area contributed by atoms with Gasteiger partial charge in [0.1, 0.15) is 6.61 Å². The van der Waals surface area contributed by atoms with Crippen molar-refractivity contribution in [3.8, 4) is 0 Å². The lowest BCUT2D eigenvalue weighted by molar-refractivity contribution is -0.126. The molecule has 166 valence electrons. The third-order valence-electron chi connectivity index (χ3n) is 8.57. The van der Waals surface area contributed by atoms with Crippen LogP contribution in [0, 0.1) is 22.7 Å². The molecule has 2 unspecified atom stereocenters. The Morgan fingerprint density at radius 1 is 1.30 bits per heavy atom. The van der Waals surface area contributed by atoms with E-state index in [2.05, 4.69) is 44.3 Å². The lowest BCUT2D eigenvalue weighted by Gasteiger charge is -2.56. The fourth-order valence-electron chi connectivity index (χ4n) is 6.84. The minimum absolute atomic E-state index is 0.0316. The van der Waals surface area contributed by atoms with E-state index in [9.17, 15) is 15.0 Å². The number of hydrogen-bond donors (Lipinski definition) is 3. The first-order chi connectivity index (χ1) is 14.2. The van der Waals surface area contributed by atoms with E-state index in [1.54, 1.807) is 0 Å². The van der Waals surface area contributed by atoms with Crippen molar-refractivity contribution in [2.75, 3.05) is 13.2 Å². The van der Waals surface area contributed by atoms with E-state index in [1.807, 2.05) is 6.92 Å². The second-order valence-electron chi connectivity index (χ2n) is 10.1. The maximum Gasteiger partial charge on any atom is 0.246 e. The Morgan fingerprint density at radius 3 is 2.80 bits per heavy atom. The summed E-state index contributed by atoms with van der Waals surface area (Å²) in [7, 11) is 0. The highest BCUT2D eigenvalue weighted by Crippen LogP contribution is 2.63. The number of allylic oxidation sites excluding steroid dienone is 4. The molecule has 0 aromatic carbocycles. The topological polar surface area (TPSA) is 78.8 Å². The standard InChI is InChI=1S/C25H37NO4/c1-5-26-23(29)14-30-15(2)19-8-9-20-18-7-6-16-12-17(27)13-22(28)25(16,4)21(18)10-11-24(19,20)3/h6-8,15,17,20-22,27-28H,5,9-14H2,1-4H3,(H,26,29)/t15-,17+,20?,21?,22-,24+,25-/m0/s1. The Hall–Kier alpha value is -1.43. The number of carbonyl (C=O) groups excluding carboxylic acids is 1. The molecule has 0 bridgehead atoms. The highest BCUT2D eigenvalue weighted by atomic mass is 16.5. The monoisotopic (exact) mass is 415 g/mol. The van der Waals surface area contributed by atoms with Gasteiger partial charge in [0.05, 0.1) is 18.3 Å². The molecule has 0 aliphatic heterocycles. The number of ether oxygens (including phenoxy) is 1. The van der Waals surface area contributed by atoms with Crippen LogP contribution < -0.4 is 5.32 Å². The van der Waals surface area contributed by atoms with E-state index in [-0.39, 0.29) is 29.4 Å². The van der Waals surface area contributed by atoms with E-state index in [0.29, 0.717) is 31.2 Å². The SMILES string of the molecule is CCNC(=O)CO[C@@H](C)C1=CCC2C3=CC=C4C[C@@H](O)C[C@H](O)[C@]4(C)C3CC[C@]12C. The van der Waals surface area contributed by atoms with Crippen LogP contribution in [0.1, 0.15) is 59.8 Å². The number of fused-ring (bicyclic) bond motifs is 5. The van der Waals surface area contributed by atoms with Crippen LogP contribution in [0.25, 0.3) is 0 Å². The molecule has 1 amide bonds. The summed E-state index contributed by atoms with van der Waals surface area (Å²) in [5.41, 5.74) is 3.73. The Labute approximate surface area is 180 Å². The molecule has 5 nitrogen and oxygen atoms in total. The summed E-state index contributed by atoms with van der Waals surface area (Å²) >= 11 is 0. The van der Waals surface area contributed by atoms with E-state index in [0.717, 1.165) is 19.3 Å². The smallest absolute Gasteiger partial charge is 0.246 e. The Bertz CT molecular complexity index is 799. The minimum atomic E-state index is -0.501. The highest BCUT2D eigenvalue weighted by Gasteiger charge is 2.57. The number of hydrogen-bond acceptors (Lipinski definition) is 4. The molecule has 4 rings (SSSR count). The summed E-state index contributed by atoms with van der Waals surface area (Å²) in [5, 5.41) is 23.9. The number of nitrogens with one attached hydrogen (secondary N) is 1. The maximum absolute atomic E-state index is 11.8. The van der Waals surface area contributed by atoms with Gasteiger partial charge in [-0.05, 0) is 62.4 Å². The molecule has 30 heavy (non-hydrogen) atoms. The van der Waals surface area contributed by atoms with Gasteiger partial charge in [-0.2, -0.15) is 0 Å². The largest absolute Gasteiger partial charge is 0.393 e. The van der Waals surface area contributed by atoms with E-state index in [4.69, 9.17) is 4.74 Å². The first-order valence-electron chi connectivity index (χ1n) is 11.6. The molecule has 0 aromatic heterocycles. The second-order valence-corrected chi connectivity index (χ2v) is 10.1. The molecule has 2 saturated carbocycles. The lowest BCUT2D eigenvalue weighted by Crippen LogP contribution is -2.52. The number of likely N-dealkylation sites (N-methyl/N-ethyl adjacent to an activating group) is 1. The van der Waals surface area contributed by atoms with Gasteiger partial charge in [-0.25, -0.2) is 0 Å². The van der Waals surface area contributed by atoms with Crippen molar-refractivity contribution in [2.24, 2.45) is 22.7 Å². The third-order valence-corrected chi connectivity index (χ3v) is 8.57. The zero-order valence-electron chi connectivity index (χ0n) is 18.8. The molecule has 0 heterocycles. The molecule has 0 radical (unpaired) electrons. The van der Waals surface area contributed by atoms with Crippen LogP contribution in [-0.4, -0.2) is 47.6 Å². The van der Waals surface area contributed by atoms with Gasteiger partial charge < -0.3 is 20.3 Å². The Morgan fingerprint density at radius 2 is 2.07 bits per heavy atom. The summed E-state index contributed by atoms with van der Waals surface area (Å²) < 4.78 is 5.95. The van der Waals surface area contributed by atoms with Gasteiger partial charge in [0.15, 0.2) is 0 Å². The number of aliphatic hydroxyl groups is 2. The molecule has 0 aromatic rings. The molecule has 4 aliphatic rings. The molecule has 5 heteroatoms. The minimum Gasteiger partial charge on any atom is -0.393 e. The zero-order valence-corrected chi connectivity index (χ0v) is 18.8. The van der Waals surface area contributed by atoms with Crippen molar-refractivity contribution < 1.29 is 19.7 Å². The van der Waals surface area contributed by atoms with Crippen LogP contribution in [0.2, 0.25) is 0 Å². The number of carbonyl (C=O) groups is 1. The normalized spacial score (nSPS) is 40.9. The van der Waals surface area contributed by atoms with E-state index < -0.39 is 12.2 Å². The first kappa shape index (κ1) is 21.8. The summed E-state index contributed by atoms with van der Waals surface area (Å²) in [4.78, 5) is 11.8. The van der Waals surface area contributed by atoms with Crippen molar-refractivity contribution in [1.82, 2.24) is 5.32 Å². The molecule has 4 aliphatic carbocycles. The summed E-state index contributed by atoms with van der Waals surface area (Å²) in [5.74, 6) is 0.676. The van der Waals surface area contributed by atoms with E-state index >= 15 is 0 Å². The van der Waals surface area contributed by atoms with Crippen LogP contribution in [-0.2, 0) is 9.53 Å². The quantitative estimate of drug-likeness (QED) is 0.602. The van der Waals surface area contributed by atoms with Gasteiger partial charge in [0.25, 0.3) is 0 Å². The van der Waals surface area contributed by atoms with Crippen LogP contribution in [0.15, 0.2) is 34.9 Å². The van der Waals surface area contributed by atoms with Gasteiger partial charge in [0.2, 0.25) is 5.91 Å². The number of rotatable bonds is 5. The Balaban J connectivity index is 1.55. The Kier molecular flexibility index (Phi) is 5.75. The summed E-state index contributed by atoms with van der Waals surface area (Å²) in [6.45, 7) is 9.24. The average molecular weight is 416 g/mol.